The molecule has 0 aliphatic carbocycles. The minimum atomic E-state index is -0.539. The topological polar surface area (TPSA) is 93.1 Å². The van der Waals surface area contributed by atoms with E-state index in [1.807, 2.05) is 20.8 Å². The van der Waals surface area contributed by atoms with Crippen molar-refractivity contribution in [1.29, 1.82) is 0 Å². The Labute approximate surface area is 131 Å². The van der Waals surface area contributed by atoms with Crippen LogP contribution in [-0.4, -0.2) is 49.4 Å². The number of carbonyl (C=O) groups excluding carboxylic acids is 1. The van der Waals surface area contributed by atoms with E-state index in [-0.39, 0.29) is 23.0 Å². The summed E-state index contributed by atoms with van der Waals surface area (Å²) in [5.41, 5.74) is 0.132. The van der Waals surface area contributed by atoms with Crippen molar-refractivity contribution in [2.75, 3.05) is 13.1 Å². The van der Waals surface area contributed by atoms with Gasteiger partial charge in [-0.3, -0.25) is 9.55 Å². The van der Waals surface area contributed by atoms with E-state index in [1.165, 1.54) is 0 Å². The van der Waals surface area contributed by atoms with E-state index < -0.39 is 5.60 Å². The molecule has 22 heavy (non-hydrogen) atoms. The van der Waals surface area contributed by atoms with Crippen LogP contribution >= 0.6 is 11.6 Å². The highest BCUT2D eigenvalue weighted by atomic mass is 35.5. The van der Waals surface area contributed by atoms with E-state index in [0.717, 1.165) is 0 Å². The molecule has 3 heterocycles. The van der Waals surface area contributed by atoms with Crippen molar-refractivity contribution in [3.8, 4) is 0 Å². The molecule has 0 saturated carbocycles. The molecule has 1 amide bonds. The molecule has 1 aliphatic heterocycles. The molecule has 9 heteroatoms. The lowest BCUT2D eigenvalue weighted by molar-refractivity contribution is 0.00116. The van der Waals surface area contributed by atoms with Gasteiger partial charge in [-0.2, -0.15) is 0 Å². The standard InChI is InChI=1S/C13H16ClN5O3/c1-13(2,3)22-12(21)18-5-7(6-18)19-8-4-9(14)16-17-10(8)15-11(19)20/h4,7H,5-6H2,1-3H3,(H,15,17,20). The highest BCUT2D eigenvalue weighted by molar-refractivity contribution is 6.29. The highest BCUT2D eigenvalue weighted by Crippen LogP contribution is 2.25. The number of H-pyrrole nitrogens is 1. The van der Waals surface area contributed by atoms with E-state index in [1.54, 1.807) is 15.5 Å². The number of carbonyl (C=O) groups is 1. The van der Waals surface area contributed by atoms with Crippen molar-refractivity contribution in [3.05, 3.63) is 21.7 Å². The molecule has 2 aromatic rings. The molecular formula is C13H16ClN5O3. The predicted molar refractivity (Wildman–Crippen MR) is 80.0 cm³/mol. The van der Waals surface area contributed by atoms with Crippen molar-refractivity contribution < 1.29 is 9.53 Å². The zero-order valence-electron chi connectivity index (χ0n) is 12.5. The van der Waals surface area contributed by atoms with Crippen molar-refractivity contribution >= 4 is 28.9 Å². The molecule has 0 atom stereocenters. The SMILES string of the molecule is CC(C)(C)OC(=O)N1CC(n2c(=O)[nH]c3nnc(Cl)cc32)C1. The number of hydrogen-bond acceptors (Lipinski definition) is 5. The molecule has 0 unspecified atom stereocenters. The number of halogens is 1. The molecule has 1 saturated heterocycles. The molecular weight excluding hydrogens is 310 g/mol. The lowest BCUT2D eigenvalue weighted by atomic mass is 10.1. The minimum absolute atomic E-state index is 0.131. The zero-order valence-corrected chi connectivity index (χ0v) is 13.2. The Morgan fingerprint density at radius 1 is 1.41 bits per heavy atom. The van der Waals surface area contributed by atoms with Gasteiger partial charge in [-0.1, -0.05) is 11.6 Å². The van der Waals surface area contributed by atoms with Crippen molar-refractivity contribution in [3.63, 3.8) is 0 Å². The second kappa shape index (κ2) is 4.98. The van der Waals surface area contributed by atoms with Gasteiger partial charge >= 0.3 is 11.8 Å². The van der Waals surface area contributed by atoms with Gasteiger partial charge in [0.1, 0.15) is 5.60 Å². The molecule has 8 nitrogen and oxygen atoms in total. The number of rotatable bonds is 1. The Balaban J connectivity index is 1.79. The first-order valence-corrected chi connectivity index (χ1v) is 7.24. The van der Waals surface area contributed by atoms with Gasteiger partial charge in [0.2, 0.25) is 0 Å². The summed E-state index contributed by atoms with van der Waals surface area (Å²) < 4.78 is 6.84. The molecule has 0 spiro atoms. The van der Waals surface area contributed by atoms with Gasteiger partial charge in [0.25, 0.3) is 0 Å². The van der Waals surface area contributed by atoms with E-state index in [0.29, 0.717) is 24.3 Å². The number of hydrogen-bond donors (Lipinski definition) is 1. The summed E-state index contributed by atoms with van der Waals surface area (Å²) in [6, 6.07) is 1.45. The van der Waals surface area contributed by atoms with Crippen LogP contribution in [0.1, 0.15) is 26.8 Å². The van der Waals surface area contributed by atoms with Crippen LogP contribution in [0.3, 0.4) is 0 Å². The Morgan fingerprint density at radius 2 is 2.09 bits per heavy atom. The molecule has 0 aromatic carbocycles. The van der Waals surface area contributed by atoms with Gasteiger partial charge in [-0.25, -0.2) is 9.59 Å². The molecule has 118 valence electrons. The normalized spacial score (nSPS) is 15.9. The van der Waals surface area contributed by atoms with Crippen LogP contribution in [0.4, 0.5) is 4.79 Å². The van der Waals surface area contributed by atoms with Crippen molar-refractivity contribution in [2.24, 2.45) is 0 Å². The first-order valence-electron chi connectivity index (χ1n) is 6.86. The molecule has 1 N–H and O–H groups in total. The monoisotopic (exact) mass is 325 g/mol. The third kappa shape index (κ3) is 2.66. The lowest BCUT2D eigenvalue weighted by Crippen LogP contribution is -2.53. The Kier molecular flexibility index (Phi) is 3.36. The number of aromatic amines is 1. The molecule has 0 radical (unpaired) electrons. The average molecular weight is 326 g/mol. The van der Waals surface area contributed by atoms with Crippen LogP contribution in [0.5, 0.6) is 0 Å². The molecule has 1 fully saturated rings. The van der Waals surface area contributed by atoms with Crippen LogP contribution < -0.4 is 5.69 Å². The number of amides is 1. The molecule has 1 aliphatic rings. The number of ether oxygens (including phenoxy) is 1. The molecule has 3 rings (SSSR count). The fourth-order valence-electron chi connectivity index (χ4n) is 2.36. The average Bonchev–Trinajstić information content (AvgIpc) is 2.62. The maximum absolute atomic E-state index is 12.1. The lowest BCUT2D eigenvalue weighted by Gasteiger charge is -2.40. The van der Waals surface area contributed by atoms with E-state index in [9.17, 15) is 9.59 Å². The van der Waals surface area contributed by atoms with Gasteiger partial charge in [0, 0.05) is 19.2 Å². The summed E-state index contributed by atoms with van der Waals surface area (Å²) in [7, 11) is 0. The first kappa shape index (κ1) is 14.8. The first-order chi connectivity index (χ1) is 10.2. The number of nitrogens with one attached hydrogen (secondary N) is 1. The number of nitrogens with zero attached hydrogens (tertiary/aromatic N) is 4. The van der Waals surface area contributed by atoms with E-state index in [4.69, 9.17) is 16.3 Å². The third-order valence-corrected chi connectivity index (χ3v) is 3.51. The number of aromatic nitrogens is 4. The summed E-state index contributed by atoms with van der Waals surface area (Å²) in [4.78, 5) is 28.2. The van der Waals surface area contributed by atoms with E-state index in [2.05, 4.69) is 15.2 Å². The largest absolute Gasteiger partial charge is 0.444 e. The fourth-order valence-corrected chi connectivity index (χ4v) is 2.50. The Bertz CT molecular complexity index is 785. The van der Waals surface area contributed by atoms with Crippen LogP contribution in [0.15, 0.2) is 10.9 Å². The highest BCUT2D eigenvalue weighted by Gasteiger charge is 2.36. The van der Waals surface area contributed by atoms with Crippen LogP contribution in [0, 0.1) is 0 Å². The van der Waals surface area contributed by atoms with Crippen LogP contribution in [0.25, 0.3) is 11.2 Å². The van der Waals surface area contributed by atoms with Crippen molar-refractivity contribution in [1.82, 2.24) is 24.6 Å². The molecule has 2 aromatic heterocycles. The molecule has 0 bridgehead atoms. The Hall–Kier alpha value is -2.09. The van der Waals surface area contributed by atoms with Gasteiger partial charge in [0.05, 0.1) is 11.6 Å². The Morgan fingerprint density at radius 3 is 2.73 bits per heavy atom. The number of likely N-dealkylation sites (tertiary alicyclic amines) is 1. The second-order valence-corrected chi connectivity index (χ2v) is 6.63. The van der Waals surface area contributed by atoms with Gasteiger partial charge < -0.3 is 9.64 Å². The second-order valence-electron chi connectivity index (χ2n) is 6.24. The van der Waals surface area contributed by atoms with Crippen LogP contribution in [-0.2, 0) is 4.74 Å². The minimum Gasteiger partial charge on any atom is -0.444 e. The van der Waals surface area contributed by atoms with Gasteiger partial charge in [0.15, 0.2) is 10.8 Å². The number of imidazole rings is 1. The summed E-state index contributed by atoms with van der Waals surface area (Å²) in [6.07, 6.45) is -0.380. The van der Waals surface area contributed by atoms with Crippen molar-refractivity contribution in [2.45, 2.75) is 32.4 Å². The van der Waals surface area contributed by atoms with E-state index >= 15 is 0 Å². The quantitative estimate of drug-likeness (QED) is 0.859. The third-order valence-electron chi connectivity index (χ3n) is 3.33. The summed E-state index contributed by atoms with van der Waals surface area (Å²) >= 11 is 5.83. The maximum atomic E-state index is 12.1. The van der Waals surface area contributed by atoms with Gasteiger partial charge in [-0.05, 0) is 20.8 Å². The van der Waals surface area contributed by atoms with Crippen LogP contribution in [0.2, 0.25) is 5.15 Å². The smallest absolute Gasteiger partial charge is 0.410 e. The summed E-state index contributed by atoms with van der Waals surface area (Å²) in [6.45, 7) is 6.25. The fraction of sp³-hybridized carbons (Fsp3) is 0.538. The zero-order chi connectivity index (χ0) is 16.1. The summed E-state index contributed by atoms with van der Waals surface area (Å²) in [5, 5.41) is 7.75. The predicted octanol–water partition coefficient (Wildman–Crippen LogP) is 1.56. The summed E-state index contributed by atoms with van der Waals surface area (Å²) in [5.74, 6) is 0. The number of fused-ring (bicyclic) bond motifs is 1. The maximum Gasteiger partial charge on any atom is 0.410 e. The van der Waals surface area contributed by atoms with Gasteiger partial charge in [-0.15, -0.1) is 10.2 Å².